The Morgan fingerprint density at radius 2 is 1.28 bits per heavy atom. The summed E-state index contributed by atoms with van der Waals surface area (Å²) in [6.07, 6.45) is -0.917. The first-order chi connectivity index (χ1) is 17.3. The maximum atomic E-state index is 11.6. The molecule has 0 aliphatic carbocycles. The zero-order valence-electron chi connectivity index (χ0n) is 21.0. The molecule has 0 bridgehead atoms. The average Bonchev–Trinajstić information content (AvgIpc) is 2.87. The van der Waals surface area contributed by atoms with Crippen LogP contribution in [0, 0.1) is 0 Å². The molecule has 0 aliphatic rings. The van der Waals surface area contributed by atoms with E-state index in [1.54, 1.807) is 0 Å². The zero-order valence-corrected chi connectivity index (χ0v) is 21.0. The lowest BCUT2D eigenvalue weighted by molar-refractivity contribution is 0.0955. The van der Waals surface area contributed by atoms with Crippen LogP contribution in [0.5, 0.6) is 0 Å². The molecular formula is C31H33N3O2. The normalized spacial score (nSPS) is 11.1. The van der Waals surface area contributed by atoms with Crippen molar-refractivity contribution < 1.29 is 9.90 Å². The van der Waals surface area contributed by atoms with Gasteiger partial charge in [0.25, 0.3) is 0 Å². The Labute approximate surface area is 213 Å². The fourth-order valence-electron chi connectivity index (χ4n) is 4.01. The Balaban J connectivity index is 1.40. The molecule has 5 heteroatoms. The number of rotatable bonds is 8. The van der Waals surface area contributed by atoms with Gasteiger partial charge in [-0.15, -0.1) is 0 Å². The summed E-state index contributed by atoms with van der Waals surface area (Å²) in [5.41, 5.74) is 7.05. The summed E-state index contributed by atoms with van der Waals surface area (Å²) in [5, 5.41) is 16.6. The molecule has 0 unspecified atom stereocenters. The molecule has 0 saturated heterocycles. The van der Waals surface area contributed by atoms with Gasteiger partial charge in [0.15, 0.2) is 0 Å². The van der Waals surface area contributed by atoms with Crippen LogP contribution in [0.3, 0.4) is 0 Å². The third kappa shape index (κ3) is 6.45. The standard InChI is InChI=1S/C31H33N3O2/c1-31(2,3)34(30(35)36)22-24-15-19-27(20-16-24)33-29-12-8-7-11-28(29)32-21-23-13-17-26(18-14-23)25-9-5-4-6-10-25/h4-20,32-33H,21-22H2,1-3H3,(H,35,36). The topological polar surface area (TPSA) is 64.6 Å². The molecule has 1 amide bonds. The van der Waals surface area contributed by atoms with Gasteiger partial charge in [-0.25, -0.2) is 4.79 Å². The Morgan fingerprint density at radius 3 is 1.89 bits per heavy atom. The highest BCUT2D eigenvalue weighted by molar-refractivity contribution is 5.74. The van der Waals surface area contributed by atoms with Crippen LogP contribution in [0.25, 0.3) is 11.1 Å². The van der Waals surface area contributed by atoms with Crippen LogP contribution in [-0.4, -0.2) is 21.6 Å². The SMILES string of the molecule is CC(C)(C)N(Cc1ccc(Nc2ccccc2NCc2ccc(-c3ccccc3)cc2)cc1)C(=O)O. The molecule has 36 heavy (non-hydrogen) atoms. The number of nitrogens with one attached hydrogen (secondary N) is 2. The molecule has 5 nitrogen and oxygen atoms in total. The summed E-state index contributed by atoms with van der Waals surface area (Å²) < 4.78 is 0. The first-order valence-corrected chi connectivity index (χ1v) is 12.1. The molecule has 0 spiro atoms. The molecule has 4 rings (SSSR count). The van der Waals surface area contributed by atoms with E-state index in [4.69, 9.17) is 0 Å². The van der Waals surface area contributed by atoms with Gasteiger partial charge in [0.05, 0.1) is 11.4 Å². The minimum absolute atomic E-state index is 0.348. The van der Waals surface area contributed by atoms with Crippen molar-refractivity contribution >= 4 is 23.2 Å². The van der Waals surface area contributed by atoms with Gasteiger partial charge in [0.2, 0.25) is 0 Å². The second kappa shape index (κ2) is 11.0. The number of anilines is 3. The van der Waals surface area contributed by atoms with E-state index < -0.39 is 11.6 Å². The third-order valence-corrected chi connectivity index (χ3v) is 6.09. The third-order valence-electron chi connectivity index (χ3n) is 6.09. The van der Waals surface area contributed by atoms with Crippen molar-refractivity contribution in [3.05, 3.63) is 114 Å². The Kier molecular flexibility index (Phi) is 7.59. The molecule has 3 N–H and O–H groups in total. The molecule has 0 radical (unpaired) electrons. The smallest absolute Gasteiger partial charge is 0.408 e. The average molecular weight is 480 g/mol. The van der Waals surface area contributed by atoms with E-state index in [1.807, 2.05) is 69.3 Å². The van der Waals surface area contributed by atoms with Crippen LogP contribution in [-0.2, 0) is 13.1 Å². The molecule has 0 heterocycles. The maximum absolute atomic E-state index is 11.6. The number of carboxylic acid groups (broad SMARTS) is 1. The second-order valence-corrected chi connectivity index (χ2v) is 9.82. The van der Waals surface area contributed by atoms with Crippen molar-refractivity contribution in [3.63, 3.8) is 0 Å². The number of nitrogens with zero attached hydrogens (tertiary/aromatic N) is 1. The van der Waals surface area contributed by atoms with Gasteiger partial charge in [0, 0.05) is 24.3 Å². The number of hydrogen-bond donors (Lipinski definition) is 3. The lowest BCUT2D eigenvalue weighted by atomic mass is 10.0. The number of carbonyl (C=O) groups is 1. The molecule has 0 fully saturated rings. The number of amides is 1. The van der Waals surface area contributed by atoms with Gasteiger partial charge in [0.1, 0.15) is 0 Å². The van der Waals surface area contributed by atoms with Gasteiger partial charge < -0.3 is 15.7 Å². The van der Waals surface area contributed by atoms with Crippen LogP contribution in [0.1, 0.15) is 31.9 Å². The monoisotopic (exact) mass is 479 g/mol. The quantitative estimate of drug-likeness (QED) is 0.240. The van der Waals surface area contributed by atoms with Crippen molar-refractivity contribution in [2.24, 2.45) is 0 Å². The van der Waals surface area contributed by atoms with E-state index in [1.165, 1.54) is 21.6 Å². The number of benzene rings is 4. The minimum Gasteiger partial charge on any atom is -0.465 e. The number of hydrogen-bond acceptors (Lipinski definition) is 3. The number of para-hydroxylation sites is 2. The highest BCUT2D eigenvalue weighted by Gasteiger charge is 2.25. The molecule has 184 valence electrons. The van der Waals surface area contributed by atoms with Gasteiger partial charge in [-0.3, -0.25) is 4.90 Å². The van der Waals surface area contributed by atoms with Gasteiger partial charge in [-0.2, -0.15) is 0 Å². The minimum atomic E-state index is -0.917. The van der Waals surface area contributed by atoms with E-state index >= 15 is 0 Å². The fraction of sp³-hybridized carbons (Fsp3) is 0.194. The largest absolute Gasteiger partial charge is 0.465 e. The van der Waals surface area contributed by atoms with Gasteiger partial charge >= 0.3 is 6.09 Å². The van der Waals surface area contributed by atoms with E-state index in [-0.39, 0.29) is 0 Å². The molecule has 0 aliphatic heterocycles. The highest BCUT2D eigenvalue weighted by Crippen LogP contribution is 2.27. The van der Waals surface area contributed by atoms with E-state index in [2.05, 4.69) is 65.2 Å². The summed E-state index contributed by atoms with van der Waals surface area (Å²) in [5.74, 6) is 0. The predicted octanol–water partition coefficient (Wildman–Crippen LogP) is 7.99. The predicted molar refractivity (Wildman–Crippen MR) is 149 cm³/mol. The van der Waals surface area contributed by atoms with Gasteiger partial charge in [-0.1, -0.05) is 78.9 Å². The zero-order chi connectivity index (χ0) is 25.5. The van der Waals surface area contributed by atoms with Crippen molar-refractivity contribution in [3.8, 4) is 11.1 Å². The lowest BCUT2D eigenvalue weighted by Crippen LogP contribution is -2.44. The van der Waals surface area contributed by atoms with Crippen LogP contribution >= 0.6 is 0 Å². The van der Waals surface area contributed by atoms with Crippen LogP contribution in [0.2, 0.25) is 0 Å². The van der Waals surface area contributed by atoms with Crippen LogP contribution in [0.4, 0.5) is 21.9 Å². The van der Waals surface area contributed by atoms with Crippen molar-refractivity contribution in [2.75, 3.05) is 10.6 Å². The fourth-order valence-corrected chi connectivity index (χ4v) is 4.01. The molecule has 0 atom stereocenters. The highest BCUT2D eigenvalue weighted by atomic mass is 16.4. The molecule has 0 saturated carbocycles. The summed E-state index contributed by atoms with van der Waals surface area (Å²) in [7, 11) is 0. The van der Waals surface area contributed by atoms with Gasteiger partial charge in [-0.05, 0) is 67.3 Å². The first-order valence-electron chi connectivity index (χ1n) is 12.1. The maximum Gasteiger partial charge on any atom is 0.408 e. The molecule has 4 aromatic rings. The van der Waals surface area contributed by atoms with Crippen molar-refractivity contribution in [1.82, 2.24) is 4.90 Å². The summed E-state index contributed by atoms with van der Waals surface area (Å²) in [4.78, 5) is 13.1. The van der Waals surface area contributed by atoms with Crippen LogP contribution < -0.4 is 10.6 Å². The summed E-state index contributed by atoms with van der Waals surface area (Å²) in [6.45, 7) is 6.76. The first kappa shape index (κ1) is 24.9. The van der Waals surface area contributed by atoms with E-state index in [9.17, 15) is 9.90 Å². The summed E-state index contributed by atoms with van der Waals surface area (Å²) in [6, 6.07) is 35.0. The Hall–Kier alpha value is -4.25. The van der Waals surface area contributed by atoms with Crippen molar-refractivity contribution in [2.45, 2.75) is 39.4 Å². The molecular weight excluding hydrogens is 446 g/mol. The second-order valence-electron chi connectivity index (χ2n) is 9.82. The van der Waals surface area contributed by atoms with E-state index in [0.29, 0.717) is 13.1 Å². The molecule has 4 aromatic carbocycles. The lowest BCUT2D eigenvalue weighted by Gasteiger charge is -2.33. The van der Waals surface area contributed by atoms with Crippen LogP contribution in [0.15, 0.2) is 103 Å². The summed E-state index contributed by atoms with van der Waals surface area (Å²) >= 11 is 0. The Bertz CT molecular complexity index is 1280. The molecule has 0 aromatic heterocycles. The van der Waals surface area contributed by atoms with Crippen molar-refractivity contribution in [1.29, 1.82) is 0 Å². The van der Waals surface area contributed by atoms with E-state index in [0.717, 1.165) is 22.6 Å². The Morgan fingerprint density at radius 1 is 0.722 bits per heavy atom.